The third-order valence-corrected chi connectivity index (χ3v) is 3.86. The Balaban J connectivity index is 2.33. The molecule has 0 radical (unpaired) electrons. The molecule has 2 aromatic carbocycles. The molecule has 2 heteroatoms. The third kappa shape index (κ3) is 1.40. The number of carbonyl (C=O) groups is 1. The van der Waals surface area contributed by atoms with Gasteiger partial charge in [-0.1, -0.05) is 36.8 Å². The van der Waals surface area contributed by atoms with E-state index in [-0.39, 0.29) is 5.82 Å². The summed E-state index contributed by atoms with van der Waals surface area (Å²) in [4.78, 5) is 11.3. The second kappa shape index (κ2) is 3.66. The molecule has 2 aromatic rings. The van der Waals surface area contributed by atoms with E-state index in [0.29, 0.717) is 5.39 Å². The summed E-state index contributed by atoms with van der Waals surface area (Å²) < 4.78 is 14.0. The SMILES string of the molecule is O=CC1(c2cccc3cccc(F)c23)CCC1. The lowest BCUT2D eigenvalue weighted by atomic mass is 9.64. The van der Waals surface area contributed by atoms with E-state index in [1.165, 1.54) is 6.07 Å². The molecule has 0 bridgehead atoms. The predicted octanol–water partition coefficient (Wildman–Crippen LogP) is 3.60. The average molecular weight is 228 g/mol. The Morgan fingerprint density at radius 3 is 2.41 bits per heavy atom. The monoisotopic (exact) mass is 228 g/mol. The lowest BCUT2D eigenvalue weighted by Crippen LogP contribution is -2.36. The first kappa shape index (κ1) is 10.5. The first-order chi connectivity index (χ1) is 8.27. The average Bonchev–Trinajstić information content (AvgIpc) is 2.29. The van der Waals surface area contributed by atoms with Crippen LogP contribution in [0.25, 0.3) is 10.8 Å². The number of halogens is 1. The minimum absolute atomic E-state index is 0.230. The topological polar surface area (TPSA) is 17.1 Å². The number of hydrogen-bond acceptors (Lipinski definition) is 1. The fraction of sp³-hybridized carbons (Fsp3) is 0.267. The molecular formula is C15H13FO. The molecule has 0 N–H and O–H groups in total. The Bertz CT molecular complexity index is 579. The van der Waals surface area contributed by atoms with Crippen LogP contribution in [0, 0.1) is 5.82 Å². The number of benzene rings is 2. The minimum Gasteiger partial charge on any atom is -0.302 e. The molecule has 0 aliphatic heterocycles. The molecule has 0 atom stereocenters. The Labute approximate surface area is 99.3 Å². The summed E-state index contributed by atoms with van der Waals surface area (Å²) in [5.74, 6) is -0.230. The van der Waals surface area contributed by atoms with Crippen LogP contribution in [0.4, 0.5) is 4.39 Å². The summed E-state index contributed by atoms with van der Waals surface area (Å²) in [6.45, 7) is 0. The van der Waals surface area contributed by atoms with Crippen molar-refractivity contribution >= 4 is 17.1 Å². The molecule has 1 saturated carbocycles. The molecule has 1 aliphatic rings. The van der Waals surface area contributed by atoms with Gasteiger partial charge >= 0.3 is 0 Å². The number of hydrogen-bond donors (Lipinski definition) is 0. The van der Waals surface area contributed by atoms with Crippen molar-refractivity contribution in [3.05, 3.63) is 47.8 Å². The Kier molecular flexibility index (Phi) is 2.25. The summed E-state index contributed by atoms with van der Waals surface area (Å²) in [6, 6.07) is 10.7. The van der Waals surface area contributed by atoms with Gasteiger partial charge in [0.2, 0.25) is 0 Å². The highest BCUT2D eigenvalue weighted by Crippen LogP contribution is 2.44. The lowest BCUT2D eigenvalue weighted by Gasteiger charge is -2.38. The van der Waals surface area contributed by atoms with Gasteiger partial charge in [0.1, 0.15) is 12.1 Å². The zero-order valence-electron chi connectivity index (χ0n) is 9.45. The highest BCUT2D eigenvalue weighted by molar-refractivity contribution is 5.91. The zero-order chi connectivity index (χ0) is 11.9. The molecule has 0 spiro atoms. The van der Waals surface area contributed by atoms with Gasteiger partial charge in [-0.2, -0.15) is 0 Å². The van der Waals surface area contributed by atoms with Gasteiger partial charge in [-0.15, -0.1) is 0 Å². The van der Waals surface area contributed by atoms with E-state index in [9.17, 15) is 9.18 Å². The van der Waals surface area contributed by atoms with E-state index in [1.54, 1.807) is 6.07 Å². The standard InChI is InChI=1S/C15H13FO/c16-13-7-2-5-11-4-1-6-12(14(11)13)15(10-17)8-3-9-15/h1-2,4-7,10H,3,8-9H2. The molecule has 0 aromatic heterocycles. The second-order valence-corrected chi connectivity index (χ2v) is 4.77. The first-order valence-electron chi connectivity index (χ1n) is 5.91. The number of rotatable bonds is 2. The van der Waals surface area contributed by atoms with Crippen LogP contribution in [-0.2, 0) is 10.2 Å². The molecule has 86 valence electrons. The lowest BCUT2D eigenvalue weighted by molar-refractivity contribution is -0.115. The van der Waals surface area contributed by atoms with Crippen LogP contribution < -0.4 is 0 Å². The summed E-state index contributed by atoms with van der Waals surface area (Å²) in [5.41, 5.74) is 0.413. The van der Waals surface area contributed by atoms with Crippen LogP contribution >= 0.6 is 0 Å². The Morgan fingerprint density at radius 2 is 1.82 bits per heavy atom. The minimum atomic E-state index is -0.443. The third-order valence-electron chi connectivity index (χ3n) is 3.86. The molecular weight excluding hydrogens is 215 g/mol. The van der Waals surface area contributed by atoms with Gasteiger partial charge < -0.3 is 4.79 Å². The number of carbonyl (C=O) groups excluding carboxylic acids is 1. The largest absolute Gasteiger partial charge is 0.302 e. The molecule has 0 amide bonds. The van der Waals surface area contributed by atoms with Gasteiger partial charge in [0.15, 0.2) is 0 Å². The van der Waals surface area contributed by atoms with Crippen molar-refractivity contribution in [2.45, 2.75) is 24.7 Å². The van der Waals surface area contributed by atoms with E-state index in [2.05, 4.69) is 0 Å². The summed E-state index contributed by atoms with van der Waals surface area (Å²) in [7, 11) is 0. The van der Waals surface area contributed by atoms with Crippen LogP contribution in [-0.4, -0.2) is 6.29 Å². The molecule has 3 rings (SSSR count). The Hall–Kier alpha value is -1.70. The van der Waals surface area contributed by atoms with E-state index < -0.39 is 5.41 Å². The zero-order valence-corrected chi connectivity index (χ0v) is 9.45. The van der Waals surface area contributed by atoms with Crippen molar-refractivity contribution in [2.24, 2.45) is 0 Å². The van der Waals surface area contributed by atoms with Crippen molar-refractivity contribution in [2.75, 3.05) is 0 Å². The van der Waals surface area contributed by atoms with Gasteiger partial charge in [-0.3, -0.25) is 0 Å². The van der Waals surface area contributed by atoms with E-state index in [0.717, 1.165) is 36.5 Å². The normalized spacial score (nSPS) is 17.7. The fourth-order valence-electron chi connectivity index (χ4n) is 2.72. The van der Waals surface area contributed by atoms with Crippen LogP contribution in [0.2, 0.25) is 0 Å². The van der Waals surface area contributed by atoms with Gasteiger partial charge in [0.05, 0.1) is 5.41 Å². The maximum atomic E-state index is 14.0. The fourth-order valence-corrected chi connectivity index (χ4v) is 2.72. The van der Waals surface area contributed by atoms with Crippen molar-refractivity contribution < 1.29 is 9.18 Å². The molecule has 1 fully saturated rings. The molecule has 0 unspecified atom stereocenters. The maximum Gasteiger partial charge on any atom is 0.131 e. The number of fused-ring (bicyclic) bond motifs is 1. The van der Waals surface area contributed by atoms with Crippen LogP contribution in [0.3, 0.4) is 0 Å². The van der Waals surface area contributed by atoms with Gasteiger partial charge in [-0.05, 0) is 29.9 Å². The molecule has 1 nitrogen and oxygen atoms in total. The van der Waals surface area contributed by atoms with E-state index in [1.807, 2.05) is 24.3 Å². The second-order valence-electron chi connectivity index (χ2n) is 4.77. The molecule has 0 saturated heterocycles. The molecule has 17 heavy (non-hydrogen) atoms. The Morgan fingerprint density at radius 1 is 1.12 bits per heavy atom. The summed E-state index contributed by atoms with van der Waals surface area (Å²) in [6.07, 6.45) is 3.72. The summed E-state index contributed by atoms with van der Waals surface area (Å²) in [5, 5.41) is 1.48. The van der Waals surface area contributed by atoms with Crippen LogP contribution in [0.5, 0.6) is 0 Å². The predicted molar refractivity (Wildman–Crippen MR) is 65.5 cm³/mol. The quantitative estimate of drug-likeness (QED) is 0.718. The van der Waals surface area contributed by atoms with Gasteiger partial charge in [0.25, 0.3) is 0 Å². The van der Waals surface area contributed by atoms with Crippen molar-refractivity contribution in [1.29, 1.82) is 0 Å². The maximum absolute atomic E-state index is 14.0. The van der Waals surface area contributed by atoms with E-state index in [4.69, 9.17) is 0 Å². The molecule has 1 aliphatic carbocycles. The molecule has 0 heterocycles. The van der Waals surface area contributed by atoms with Gasteiger partial charge in [-0.25, -0.2) is 4.39 Å². The first-order valence-corrected chi connectivity index (χ1v) is 5.91. The summed E-state index contributed by atoms with van der Waals surface area (Å²) >= 11 is 0. The van der Waals surface area contributed by atoms with Crippen molar-refractivity contribution in [1.82, 2.24) is 0 Å². The number of aldehydes is 1. The van der Waals surface area contributed by atoms with Crippen molar-refractivity contribution in [3.63, 3.8) is 0 Å². The highest BCUT2D eigenvalue weighted by Gasteiger charge is 2.39. The van der Waals surface area contributed by atoms with Crippen LogP contribution in [0.15, 0.2) is 36.4 Å². The van der Waals surface area contributed by atoms with Gasteiger partial charge in [0, 0.05) is 5.39 Å². The van der Waals surface area contributed by atoms with Crippen molar-refractivity contribution in [3.8, 4) is 0 Å². The van der Waals surface area contributed by atoms with E-state index >= 15 is 0 Å². The smallest absolute Gasteiger partial charge is 0.131 e. The highest BCUT2D eigenvalue weighted by atomic mass is 19.1. The van der Waals surface area contributed by atoms with Crippen LogP contribution in [0.1, 0.15) is 24.8 Å².